The van der Waals surface area contributed by atoms with Crippen molar-refractivity contribution in [1.82, 2.24) is 9.78 Å². The van der Waals surface area contributed by atoms with Crippen molar-refractivity contribution in [3.05, 3.63) is 51.8 Å². The summed E-state index contributed by atoms with van der Waals surface area (Å²) < 4.78 is 1.73. The molecule has 0 atom stereocenters. The van der Waals surface area contributed by atoms with Crippen molar-refractivity contribution in [2.75, 3.05) is 0 Å². The second-order valence-electron chi connectivity index (χ2n) is 4.10. The standard InChI is InChI=1S/C13H15ClN2O/c1-9-5-3-4-6-11(9)7-16-13(14)12(8-17)10(2)15-16/h3-6,17H,7-8H2,1-2H3. The lowest BCUT2D eigenvalue weighted by molar-refractivity contribution is 0.281. The quantitative estimate of drug-likeness (QED) is 0.910. The van der Waals surface area contributed by atoms with Gasteiger partial charge in [-0.3, -0.25) is 0 Å². The molecule has 0 amide bonds. The van der Waals surface area contributed by atoms with Crippen LogP contribution in [0.5, 0.6) is 0 Å². The minimum atomic E-state index is -0.0710. The summed E-state index contributed by atoms with van der Waals surface area (Å²) in [6.07, 6.45) is 0. The topological polar surface area (TPSA) is 38.0 Å². The number of aromatic nitrogens is 2. The Bertz CT molecular complexity index is 534. The van der Waals surface area contributed by atoms with Gasteiger partial charge in [0.1, 0.15) is 5.15 Å². The third-order valence-electron chi connectivity index (χ3n) is 2.92. The first-order valence-electron chi connectivity index (χ1n) is 5.50. The summed E-state index contributed by atoms with van der Waals surface area (Å²) in [4.78, 5) is 0. The average molecular weight is 251 g/mol. The molecule has 3 nitrogen and oxygen atoms in total. The zero-order valence-electron chi connectivity index (χ0n) is 9.94. The number of aliphatic hydroxyl groups excluding tert-OH is 1. The number of hydrogen-bond acceptors (Lipinski definition) is 2. The normalized spacial score (nSPS) is 10.8. The zero-order valence-corrected chi connectivity index (χ0v) is 10.7. The molecule has 0 aliphatic rings. The molecule has 1 heterocycles. The molecule has 0 bridgehead atoms. The van der Waals surface area contributed by atoms with E-state index in [4.69, 9.17) is 11.6 Å². The van der Waals surface area contributed by atoms with E-state index in [1.165, 1.54) is 11.1 Å². The van der Waals surface area contributed by atoms with Crippen LogP contribution in [0.1, 0.15) is 22.4 Å². The van der Waals surface area contributed by atoms with Gasteiger partial charge in [-0.1, -0.05) is 35.9 Å². The summed E-state index contributed by atoms with van der Waals surface area (Å²) in [6, 6.07) is 8.13. The second-order valence-corrected chi connectivity index (χ2v) is 4.46. The van der Waals surface area contributed by atoms with Gasteiger partial charge in [-0.05, 0) is 25.0 Å². The molecule has 4 heteroatoms. The molecule has 1 N–H and O–H groups in total. The molecule has 90 valence electrons. The van der Waals surface area contributed by atoms with Crippen molar-refractivity contribution >= 4 is 11.6 Å². The Kier molecular flexibility index (Phi) is 3.50. The Balaban J connectivity index is 2.34. The summed E-state index contributed by atoms with van der Waals surface area (Å²) in [5.74, 6) is 0. The first-order valence-corrected chi connectivity index (χ1v) is 5.88. The maximum atomic E-state index is 9.20. The first-order chi connectivity index (χ1) is 8.13. The molecule has 17 heavy (non-hydrogen) atoms. The summed E-state index contributed by atoms with van der Waals surface area (Å²) in [7, 11) is 0. The van der Waals surface area contributed by atoms with Crippen molar-refractivity contribution in [2.24, 2.45) is 0 Å². The molecular weight excluding hydrogens is 236 g/mol. The van der Waals surface area contributed by atoms with Crippen LogP contribution >= 0.6 is 11.6 Å². The number of halogens is 1. The summed E-state index contributed by atoms with van der Waals surface area (Å²) in [5, 5.41) is 14.1. The number of hydrogen-bond donors (Lipinski definition) is 1. The van der Waals surface area contributed by atoms with E-state index in [0.717, 1.165) is 5.69 Å². The maximum Gasteiger partial charge on any atom is 0.133 e. The largest absolute Gasteiger partial charge is 0.391 e. The molecule has 1 aromatic heterocycles. The molecule has 1 aromatic carbocycles. The Hall–Kier alpha value is -1.32. The molecular formula is C13H15ClN2O. The monoisotopic (exact) mass is 250 g/mol. The lowest BCUT2D eigenvalue weighted by Crippen LogP contribution is -2.03. The Morgan fingerprint density at radius 3 is 2.59 bits per heavy atom. The maximum absolute atomic E-state index is 9.20. The van der Waals surface area contributed by atoms with Crippen LogP contribution in [-0.4, -0.2) is 14.9 Å². The molecule has 0 unspecified atom stereocenters. The Morgan fingerprint density at radius 1 is 1.29 bits per heavy atom. The van der Waals surface area contributed by atoms with Crippen molar-refractivity contribution in [3.63, 3.8) is 0 Å². The van der Waals surface area contributed by atoms with Gasteiger partial charge < -0.3 is 5.11 Å². The Morgan fingerprint density at radius 2 is 2.00 bits per heavy atom. The van der Waals surface area contributed by atoms with Crippen LogP contribution in [0.25, 0.3) is 0 Å². The van der Waals surface area contributed by atoms with Crippen molar-refractivity contribution in [1.29, 1.82) is 0 Å². The van der Waals surface area contributed by atoms with Crippen LogP contribution in [0, 0.1) is 13.8 Å². The fourth-order valence-corrected chi connectivity index (χ4v) is 2.12. The summed E-state index contributed by atoms with van der Waals surface area (Å²) >= 11 is 6.17. The van der Waals surface area contributed by atoms with Gasteiger partial charge in [0.2, 0.25) is 0 Å². The van der Waals surface area contributed by atoms with Crippen LogP contribution in [0.2, 0.25) is 5.15 Å². The van der Waals surface area contributed by atoms with Gasteiger partial charge in [0.25, 0.3) is 0 Å². The number of aliphatic hydroxyl groups is 1. The molecule has 2 aromatic rings. The third-order valence-corrected chi connectivity index (χ3v) is 3.35. The third kappa shape index (κ3) is 2.35. The van der Waals surface area contributed by atoms with Gasteiger partial charge in [0, 0.05) is 5.56 Å². The van der Waals surface area contributed by atoms with Gasteiger partial charge in [-0.2, -0.15) is 5.10 Å². The molecule has 0 spiro atoms. The van der Waals surface area contributed by atoms with Gasteiger partial charge in [0.05, 0.1) is 18.8 Å². The number of rotatable bonds is 3. The number of nitrogens with zero attached hydrogens (tertiary/aromatic N) is 2. The smallest absolute Gasteiger partial charge is 0.133 e. The molecule has 0 fully saturated rings. The van der Waals surface area contributed by atoms with Gasteiger partial charge >= 0.3 is 0 Å². The van der Waals surface area contributed by atoms with Crippen molar-refractivity contribution in [3.8, 4) is 0 Å². The van der Waals surface area contributed by atoms with E-state index in [-0.39, 0.29) is 6.61 Å². The van der Waals surface area contributed by atoms with Gasteiger partial charge in [-0.25, -0.2) is 4.68 Å². The number of aryl methyl sites for hydroxylation is 2. The average Bonchev–Trinajstić information content (AvgIpc) is 2.57. The predicted octanol–water partition coefficient (Wildman–Crippen LogP) is 2.69. The summed E-state index contributed by atoms with van der Waals surface area (Å²) in [6.45, 7) is 4.48. The van der Waals surface area contributed by atoms with E-state index in [1.54, 1.807) is 4.68 Å². The van der Waals surface area contributed by atoms with Gasteiger partial charge in [0.15, 0.2) is 0 Å². The predicted molar refractivity (Wildman–Crippen MR) is 68.2 cm³/mol. The molecule has 0 saturated heterocycles. The highest BCUT2D eigenvalue weighted by atomic mass is 35.5. The van der Waals surface area contributed by atoms with Crippen molar-refractivity contribution < 1.29 is 5.11 Å². The van der Waals surface area contributed by atoms with E-state index in [0.29, 0.717) is 17.3 Å². The van der Waals surface area contributed by atoms with Crippen LogP contribution in [-0.2, 0) is 13.2 Å². The highest BCUT2D eigenvalue weighted by Gasteiger charge is 2.12. The van der Waals surface area contributed by atoms with E-state index < -0.39 is 0 Å². The van der Waals surface area contributed by atoms with Crippen molar-refractivity contribution in [2.45, 2.75) is 27.0 Å². The summed E-state index contributed by atoms with van der Waals surface area (Å²) in [5.41, 5.74) is 3.88. The Labute approximate surface area is 106 Å². The highest BCUT2D eigenvalue weighted by molar-refractivity contribution is 6.30. The van der Waals surface area contributed by atoms with Crippen LogP contribution in [0.15, 0.2) is 24.3 Å². The van der Waals surface area contributed by atoms with Gasteiger partial charge in [-0.15, -0.1) is 0 Å². The van der Waals surface area contributed by atoms with E-state index >= 15 is 0 Å². The molecule has 0 aliphatic heterocycles. The fraction of sp³-hybridized carbons (Fsp3) is 0.308. The van der Waals surface area contributed by atoms with E-state index in [1.807, 2.05) is 19.1 Å². The van der Waals surface area contributed by atoms with Crippen LogP contribution in [0.4, 0.5) is 0 Å². The first kappa shape index (κ1) is 12.1. The number of benzene rings is 1. The zero-order chi connectivity index (χ0) is 12.4. The van der Waals surface area contributed by atoms with E-state index in [9.17, 15) is 5.11 Å². The molecule has 0 saturated carbocycles. The van der Waals surface area contributed by atoms with Crippen LogP contribution < -0.4 is 0 Å². The minimum absolute atomic E-state index is 0.0710. The lowest BCUT2D eigenvalue weighted by atomic mass is 10.1. The highest BCUT2D eigenvalue weighted by Crippen LogP contribution is 2.21. The lowest BCUT2D eigenvalue weighted by Gasteiger charge is -2.06. The minimum Gasteiger partial charge on any atom is -0.391 e. The van der Waals surface area contributed by atoms with E-state index in [2.05, 4.69) is 24.2 Å². The SMILES string of the molecule is Cc1ccccc1Cn1nc(C)c(CO)c1Cl. The second kappa shape index (κ2) is 4.90. The molecule has 0 aliphatic carbocycles. The fourth-order valence-electron chi connectivity index (χ4n) is 1.82. The molecule has 0 radical (unpaired) electrons. The molecule has 2 rings (SSSR count). The van der Waals surface area contributed by atoms with Crippen LogP contribution in [0.3, 0.4) is 0 Å².